The maximum absolute atomic E-state index is 12.3. The molecule has 0 amide bonds. The molecule has 6 heteroatoms. The predicted molar refractivity (Wildman–Crippen MR) is 91.9 cm³/mol. The summed E-state index contributed by atoms with van der Waals surface area (Å²) in [7, 11) is -3.09. The van der Waals surface area contributed by atoms with Gasteiger partial charge in [0.15, 0.2) is 0 Å². The van der Waals surface area contributed by atoms with E-state index in [0.29, 0.717) is 0 Å². The highest BCUT2D eigenvalue weighted by Gasteiger charge is 2.37. The molecule has 0 aromatic carbocycles. The normalized spacial score (nSPS) is 29.4. The Labute approximate surface area is 141 Å². The first-order chi connectivity index (χ1) is 11.0. The number of nitrogens with zero attached hydrogens (tertiary/aromatic N) is 2. The van der Waals surface area contributed by atoms with Crippen LogP contribution in [0.5, 0.6) is 0 Å². The van der Waals surface area contributed by atoms with E-state index in [4.69, 9.17) is 4.74 Å². The van der Waals surface area contributed by atoms with Crippen molar-refractivity contribution in [1.29, 1.82) is 0 Å². The summed E-state index contributed by atoms with van der Waals surface area (Å²) in [6.45, 7) is 5.14. The van der Waals surface area contributed by atoms with Crippen LogP contribution in [0.1, 0.15) is 51.4 Å². The first kappa shape index (κ1) is 17.6. The molecule has 0 aromatic rings. The topological polar surface area (TPSA) is 49.9 Å². The molecule has 0 aromatic heterocycles. The van der Waals surface area contributed by atoms with Gasteiger partial charge < -0.3 is 9.64 Å². The first-order valence-electron chi connectivity index (χ1n) is 9.32. The van der Waals surface area contributed by atoms with Crippen LogP contribution in [-0.2, 0) is 14.8 Å². The molecule has 0 radical (unpaired) electrons. The van der Waals surface area contributed by atoms with Gasteiger partial charge in [-0.2, -0.15) is 4.31 Å². The SMILES string of the molecule is CS(=O)(=O)N(C1CCC1)[C@H]1CCCN(CC2CCOCC2)CC1. The van der Waals surface area contributed by atoms with E-state index in [0.717, 1.165) is 64.3 Å². The molecule has 0 unspecified atom stereocenters. The van der Waals surface area contributed by atoms with Crippen LogP contribution in [0.3, 0.4) is 0 Å². The zero-order valence-corrected chi connectivity index (χ0v) is 15.3. The Morgan fingerprint density at radius 2 is 1.61 bits per heavy atom. The third kappa shape index (κ3) is 4.68. The van der Waals surface area contributed by atoms with Crippen LogP contribution in [0, 0.1) is 5.92 Å². The van der Waals surface area contributed by atoms with Crippen LogP contribution in [0.15, 0.2) is 0 Å². The summed E-state index contributed by atoms with van der Waals surface area (Å²) in [5, 5.41) is 0. The molecule has 3 aliphatic rings. The van der Waals surface area contributed by atoms with Crippen molar-refractivity contribution in [3.05, 3.63) is 0 Å². The monoisotopic (exact) mass is 344 g/mol. The summed E-state index contributed by atoms with van der Waals surface area (Å²) in [4.78, 5) is 2.57. The van der Waals surface area contributed by atoms with Crippen LogP contribution in [0.2, 0.25) is 0 Å². The average Bonchev–Trinajstić information content (AvgIpc) is 2.68. The Morgan fingerprint density at radius 1 is 0.957 bits per heavy atom. The molecule has 0 N–H and O–H groups in total. The summed E-state index contributed by atoms with van der Waals surface area (Å²) in [5.74, 6) is 0.762. The van der Waals surface area contributed by atoms with Crippen LogP contribution in [0.25, 0.3) is 0 Å². The maximum Gasteiger partial charge on any atom is 0.211 e. The molecule has 3 rings (SSSR count). The minimum absolute atomic E-state index is 0.218. The number of ether oxygens (including phenoxy) is 1. The van der Waals surface area contributed by atoms with E-state index >= 15 is 0 Å². The number of hydrogen-bond acceptors (Lipinski definition) is 4. The molecule has 2 aliphatic heterocycles. The quantitative estimate of drug-likeness (QED) is 0.766. The average molecular weight is 345 g/mol. The Bertz CT molecular complexity index is 472. The van der Waals surface area contributed by atoms with Gasteiger partial charge in [0, 0.05) is 31.8 Å². The molecular weight excluding hydrogens is 312 g/mol. The molecule has 5 nitrogen and oxygen atoms in total. The molecule has 23 heavy (non-hydrogen) atoms. The molecule has 1 atom stereocenters. The molecule has 3 fully saturated rings. The minimum Gasteiger partial charge on any atom is -0.381 e. The predicted octanol–water partition coefficient (Wildman–Crippen LogP) is 2.08. The van der Waals surface area contributed by atoms with Crippen LogP contribution in [-0.4, -0.2) is 68.8 Å². The van der Waals surface area contributed by atoms with Gasteiger partial charge in [-0.3, -0.25) is 0 Å². The number of rotatable bonds is 5. The van der Waals surface area contributed by atoms with Crippen molar-refractivity contribution in [3.8, 4) is 0 Å². The van der Waals surface area contributed by atoms with Crippen molar-refractivity contribution in [2.24, 2.45) is 5.92 Å². The van der Waals surface area contributed by atoms with Gasteiger partial charge in [0.25, 0.3) is 0 Å². The summed E-state index contributed by atoms with van der Waals surface area (Å²) in [6.07, 6.45) is 10.2. The zero-order chi connectivity index (χ0) is 16.3. The van der Waals surface area contributed by atoms with E-state index < -0.39 is 10.0 Å². The van der Waals surface area contributed by atoms with Gasteiger partial charge in [0.05, 0.1) is 6.26 Å². The van der Waals surface area contributed by atoms with E-state index in [1.807, 2.05) is 4.31 Å². The Hall–Kier alpha value is -0.170. The van der Waals surface area contributed by atoms with Crippen molar-refractivity contribution >= 4 is 10.0 Å². The van der Waals surface area contributed by atoms with E-state index in [1.165, 1.54) is 32.1 Å². The summed E-state index contributed by atoms with van der Waals surface area (Å²) in [5.41, 5.74) is 0. The standard InChI is InChI=1S/C17H32N2O3S/c1-23(20,21)19(16-4-2-5-16)17-6-3-10-18(11-7-17)14-15-8-12-22-13-9-15/h15-17H,2-14H2,1H3/t17-/m0/s1. The van der Waals surface area contributed by atoms with Crippen molar-refractivity contribution in [3.63, 3.8) is 0 Å². The van der Waals surface area contributed by atoms with Crippen molar-refractivity contribution in [2.75, 3.05) is 39.1 Å². The van der Waals surface area contributed by atoms with Crippen molar-refractivity contribution in [1.82, 2.24) is 9.21 Å². The second kappa shape index (κ2) is 7.81. The van der Waals surface area contributed by atoms with Gasteiger partial charge in [0.2, 0.25) is 10.0 Å². The van der Waals surface area contributed by atoms with Crippen LogP contribution >= 0.6 is 0 Å². The molecule has 0 bridgehead atoms. The van der Waals surface area contributed by atoms with Gasteiger partial charge in [-0.15, -0.1) is 0 Å². The van der Waals surface area contributed by atoms with Crippen molar-refractivity contribution < 1.29 is 13.2 Å². The van der Waals surface area contributed by atoms with Gasteiger partial charge in [-0.25, -0.2) is 8.42 Å². The Balaban J connectivity index is 1.56. The van der Waals surface area contributed by atoms with Crippen LogP contribution < -0.4 is 0 Å². The van der Waals surface area contributed by atoms with E-state index in [1.54, 1.807) is 0 Å². The maximum atomic E-state index is 12.3. The second-order valence-electron chi connectivity index (χ2n) is 7.62. The highest BCUT2D eigenvalue weighted by atomic mass is 32.2. The van der Waals surface area contributed by atoms with E-state index in [9.17, 15) is 8.42 Å². The fourth-order valence-corrected chi connectivity index (χ4v) is 5.86. The number of sulfonamides is 1. The Kier molecular flexibility index (Phi) is 5.99. The molecule has 1 saturated carbocycles. The van der Waals surface area contributed by atoms with Gasteiger partial charge in [0.1, 0.15) is 0 Å². The smallest absolute Gasteiger partial charge is 0.211 e. The molecule has 134 valence electrons. The second-order valence-corrected chi connectivity index (χ2v) is 9.51. The molecule has 2 saturated heterocycles. The largest absolute Gasteiger partial charge is 0.381 e. The van der Waals surface area contributed by atoms with Gasteiger partial charge >= 0.3 is 0 Å². The van der Waals surface area contributed by atoms with Gasteiger partial charge in [-0.1, -0.05) is 6.42 Å². The molecule has 1 aliphatic carbocycles. The third-order valence-electron chi connectivity index (χ3n) is 5.82. The Morgan fingerprint density at radius 3 is 2.22 bits per heavy atom. The lowest BCUT2D eigenvalue weighted by atomic mass is 9.91. The first-order valence-corrected chi connectivity index (χ1v) is 11.2. The lowest BCUT2D eigenvalue weighted by molar-refractivity contribution is 0.0526. The molecule has 0 spiro atoms. The summed E-state index contributed by atoms with van der Waals surface area (Å²) >= 11 is 0. The third-order valence-corrected chi connectivity index (χ3v) is 7.19. The zero-order valence-electron chi connectivity index (χ0n) is 14.5. The fraction of sp³-hybridized carbons (Fsp3) is 1.00. The van der Waals surface area contributed by atoms with E-state index in [2.05, 4.69) is 4.90 Å². The van der Waals surface area contributed by atoms with E-state index in [-0.39, 0.29) is 12.1 Å². The highest BCUT2D eigenvalue weighted by Crippen LogP contribution is 2.32. The highest BCUT2D eigenvalue weighted by molar-refractivity contribution is 7.88. The lowest BCUT2D eigenvalue weighted by Crippen LogP contribution is -2.49. The van der Waals surface area contributed by atoms with Gasteiger partial charge in [-0.05, 0) is 64.0 Å². The minimum atomic E-state index is -3.09. The van der Waals surface area contributed by atoms with Crippen molar-refractivity contribution in [2.45, 2.75) is 63.5 Å². The molecular formula is C17H32N2O3S. The molecule has 2 heterocycles. The lowest BCUT2D eigenvalue weighted by Gasteiger charge is -2.40. The fourth-order valence-electron chi connectivity index (χ4n) is 4.35. The number of hydrogen-bond donors (Lipinski definition) is 0. The number of likely N-dealkylation sites (tertiary alicyclic amines) is 1. The summed E-state index contributed by atoms with van der Waals surface area (Å²) in [6, 6.07) is 0.493. The summed E-state index contributed by atoms with van der Waals surface area (Å²) < 4.78 is 31.9. The van der Waals surface area contributed by atoms with Crippen LogP contribution in [0.4, 0.5) is 0 Å².